The Morgan fingerprint density at radius 1 is 1.37 bits per heavy atom. The van der Waals surface area contributed by atoms with Crippen molar-refractivity contribution < 1.29 is 0 Å². The quantitative estimate of drug-likeness (QED) is 0.822. The van der Waals surface area contributed by atoms with Gasteiger partial charge in [-0.2, -0.15) is 5.26 Å². The molecule has 5 heteroatoms. The number of likely N-dealkylation sites (tertiary alicyclic amines) is 1. The highest BCUT2D eigenvalue weighted by Crippen LogP contribution is 2.26. The molecule has 19 heavy (non-hydrogen) atoms. The van der Waals surface area contributed by atoms with Gasteiger partial charge in [-0.15, -0.1) is 0 Å². The van der Waals surface area contributed by atoms with Gasteiger partial charge in [-0.05, 0) is 44.5 Å². The van der Waals surface area contributed by atoms with Crippen molar-refractivity contribution in [2.75, 3.05) is 38.6 Å². The fourth-order valence-corrected chi connectivity index (χ4v) is 2.40. The van der Waals surface area contributed by atoms with Gasteiger partial charge in [0.15, 0.2) is 0 Å². The van der Waals surface area contributed by atoms with E-state index in [4.69, 9.17) is 5.26 Å². The zero-order chi connectivity index (χ0) is 13.7. The highest BCUT2D eigenvalue weighted by Gasteiger charge is 2.19. The summed E-state index contributed by atoms with van der Waals surface area (Å²) in [6.07, 6.45) is 6.76. The first-order valence-electron chi connectivity index (χ1n) is 6.79. The standard InChI is InChI=1S/C14H21N5/c1-18-8-4-12(5-9-18)13-10-16-14(17-11-13)19(2)7-3-6-15/h10-12H,3-5,7-9H2,1-2H3. The Balaban J connectivity index is 1.96. The van der Waals surface area contributed by atoms with Crippen molar-refractivity contribution in [2.24, 2.45) is 0 Å². The van der Waals surface area contributed by atoms with Gasteiger partial charge in [0.2, 0.25) is 5.95 Å². The van der Waals surface area contributed by atoms with Crippen molar-refractivity contribution in [3.8, 4) is 6.07 Å². The summed E-state index contributed by atoms with van der Waals surface area (Å²) in [6, 6.07) is 2.13. The first-order chi connectivity index (χ1) is 9.20. The zero-order valence-corrected chi connectivity index (χ0v) is 11.7. The van der Waals surface area contributed by atoms with Crippen molar-refractivity contribution in [3.63, 3.8) is 0 Å². The number of hydrogen-bond donors (Lipinski definition) is 0. The molecule has 0 aromatic carbocycles. The predicted molar refractivity (Wildman–Crippen MR) is 75.0 cm³/mol. The van der Waals surface area contributed by atoms with E-state index < -0.39 is 0 Å². The summed E-state index contributed by atoms with van der Waals surface area (Å²) < 4.78 is 0. The summed E-state index contributed by atoms with van der Waals surface area (Å²) in [6.45, 7) is 2.97. The van der Waals surface area contributed by atoms with Gasteiger partial charge in [0.25, 0.3) is 0 Å². The fourth-order valence-electron chi connectivity index (χ4n) is 2.40. The third-order valence-electron chi connectivity index (χ3n) is 3.75. The Morgan fingerprint density at radius 3 is 2.58 bits per heavy atom. The van der Waals surface area contributed by atoms with Crippen LogP contribution in [0.25, 0.3) is 0 Å². The van der Waals surface area contributed by atoms with Crippen molar-refractivity contribution >= 4 is 5.95 Å². The van der Waals surface area contributed by atoms with E-state index >= 15 is 0 Å². The second-order valence-electron chi connectivity index (χ2n) is 5.22. The Bertz CT molecular complexity index is 428. The maximum absolute atomic E-state index is 8.58. The summed E-state index contributed by atoms with van der Waals surface area (Å²) in [7, 11) is 4.09. The number of nitriles is 1. The lowest BCUT2D eigenvalue weighted by Crippen LogP contribution is -2.29. The first kappa shape index (κ1) is 13.8. The summed E-state index contributed by atoms with van der Waals surface area (Å²) in [5, 5.41) is 8.58. The highest BCUT2D eigenvalue weighted by molar-refractivity contribution is 5.29. The Labute approximate surface area is 114 Å². The molecule has 0 radical (unpaired) electrons. The highest BCUT2D eigenvalue weighted by atomic mass is 15.2. The van der Waals surface area contributed by atoms with Crippen LogP contribution in [0.4, 0.5) is 5.95 Å². The lowest BCUT2D eigenvalue weighted by atomic mass is 9.92. The topological polar surface area (TPSA) is 56.1 Å². The number of rotatable bonds is 4. The molecule has 2 rings (SSSR count). The average molecular weight is 259 g/mol. The monoisotopic (exact) mass is 259 g/mol. The van der Waals surface area contributed by atoms with Gasteiger partial charge in [-0.25, -0.2) is 9.97 Å². The maximum atomic E-state index is 8.58. The molecule has 1 aliphatic rings. The van der Waals surface area contributed by atoms with Crippen LogP contribution in [0, 0.1) is 11.3 Å². The van der Waals surface area contributed by atoms with Crippen LogP contribution in [0.3, 0.4) is 0 Å². The van der Waals surface area contributed by atoms with Gasteiger partial charge in [0, 0.05) is 26.0 Å². The molecule has 0 atom stereocenters. The lowest BCUT2D eigenvalue weighted by molar-refractivity contribution is 0.255. The predicted octanol–water partition coefficient (Wildman–Crippen LogP) is 1.64. The minimum atomic E-state index is 0.497. The number of piperidine rings is 1. The van der Waals surface area contributed by atoms with Crippen molar-refractivity contribution in [3.05, 3.63) is 18.0 Å². The minimum absolute atomic E-state index is 0.497. The van der Waals surface area contributed by atoms with E-state index in [1.807, 2.05) is 24.3 Å². The molecule has 1 saturated heterocycles. The molecule has 1 aromatic heterocycles. The molecule has 0 unspecified atom stereocenters. The second kappa shape index (κ2) is 6.48. The first-order valence-corrected chi connectivity index (χ1v) is 6.79. The van der Waals surface area contributed by atoms with E-state index in [1.54, 1.807) is 0 Å². The molecule has 1 aromatic rings. The van der Waals surface area contributed by atoms with E-state index in [9.17, 15) is 0 Å². The molecule has 102 valence electrons. The van der Waals surface area contributed by atoms with Gasteiger partial charge >= 0.3 is 0 Å². The van der Waals surface area contributed by atoms with E-state index in [-0.39, 0.29) is 0 Å². The Kier molecular flexibility index (Phi) is 4.69. The third-order valence-corrected chi connectivity index (χ3v) is 3.75. The van der Waals surface area contributed by atoms with Crippen LogP contribution in [-0.4, -0.2) is 48.6 Å². The van der Waals surface area contributed by atoms with Crippen LogP contribution >= 0.6 is 0 Å². The van der Waals surface area contributed by atoms with Crippen LogP contribution in [0.15, 0.2) is 12.4 Å². The molecule has 1 fully saturated rings. The molecule has 2 heterocycles. The summed E-state index contributed by atoms with van der Waals surface area (Å²) in [5.74, 6) is 1.29. The van der Waals surface area contributed by atoms with E-state index in [1.165, 1.54) is 18.4 Å². The molecule has 1 aliphatic heterocycles. The van der Waals surface area contributed by atoms with Crippen molar-refractivity contribution in [1.29, 1.82) is 5.26 Å². The molecule has 0 N–H and O–H groups in total. The molecule has 0 saturated carbocycles. The summed E-state index contributed by atoms with van der Waals surface area (Å²) in [4.78, 5) is 13.1. The van der Waals surface area contributed by atoms with E-state index in [0.717, 1.165) is 13.1 Å². The van der Waals surface area contributed by atoms with Gasteiger partial charge in [-0.1, -0.05) is 0 Å². The normalized spacial score (nSPS) is 17.1. The summed E-state index contributed by atoms with van der Waals surface area (Å²) >= 11 is 0. The largest absolute Gasteiger partial charge is 0.343 e. The zero-order valence-electron chi connectivity index (χ0n) is 11.7. The number of hydrogen-bond acceptors (Lipinski definition) is 5. The van der Waals surface area contributed by atoms with Gasteiger partial charge in [0.05, 0.1) is 12.5 Å². The third kappa shape index (κ3) is 3.65. The minimum Gasteiger partial charge on any atom is -0.343 e. The van der Waals surface area contributed by atoms with Gasteiger partial charge < -0.3 is 9.80 Å². The van der Waals surface area contributed by atoms with Crippen LogP contribution in [0.5, 0.6) is 0 Å². The molecular weight excluding hydrogens is 238 g/mol. The van der Waals surface area contributed by atoms with Crippen molar-refractivity contribution in [2.45, 2.75) is 25.2 Å². The molecular formula is C14H21N5. The second-order valence-corrected chi connectivity index (χ2v) is 5.22. The van der Waals surface area contributed by atoms with Crippen LogP contribution in [0.2, 0.25) is 0 Å². The average Bonchev–Trinajstić information content (AvgIpc) is 2.46. The Morgan fingerprint density at radius 2 is 2.00 bits per heavy atom. The molecule has 0 spiro atoms. The number of nitrogens with zero attached hydrogens (tertiary/aromatic N) is 5. The maximum Gasteiger partial charge on any atom is 0.225 e. The molecule has 5 nitrogen and oxygen atoms in total. The fraction of sp³-hybridized carbons (Fsp3) is 0.643. The van der Waals surface area contributed by atoms with Gasteiger partial charge in [0.1, 0.15) is 0 Å². The number of aromatic nitrogens is 2. The van der Waals surface area contributed by atoms with Crippen LogP contribution in [-0.2, 0) is 0 Å². The molecule has 0 bridgehead atoms. The smallest absolute Gasteiger partial charge is 0.225 e. The van der Waals surface area contributed by atoms with E-state index in [2.05, 4.69) is 28.0 Å². The van der Waals surface area contributed by atoms with Crippen LogP contribution in [0.1, 0.15) is 30.7 Å². The molecule has 0 aliphatic carbocycles. The van der Waals surface area contributed by atoms with Gasteiger partial charge in [-0.3, -0.25) is 0 Å². The SMILES string of the molecule is CN1CCC(c2cnc(N(C)CCC#N)nc2)CC1. The number of anilines is 1. The summed E-state index contributed by atoms with van der Waals surface area (Å²) in [5.41, 5.74) is 1.24. The molecule has 0 amide bonds. The Hall–Kier alpha value is -1.67. The van der Waals surface area contributed by atoms with E-state index in [0.29, 0.717) is 24.8 Å². The van der Waals surface area contributed by atoms with Crippen molar-refractivity contribution in [1.82, 2.24) is 14.9 Å². The lowest BCUT2D eigenvalue weighted by Gasteiger charge is -2.29. The van der Waals surface area contributed by atoms with Crippen LogP contribution < -0.4 is 4.90 Å².